The van der Waals surface area contributed by atoms with Gasteiger partial charge >= 0.3 is 6.18 Å². The lowest BCUT2D eigenvalue weighted by molar-refractivity contribution is -0.137. The molecule has 0 aliphatic rings. The lowest BCUT2D eigenvalue weighted by Gasteiger charge is -2.12. The molecule has 102 valence electrons. The zero-order chi connectivity index (χ0) is 13.6. The average Bonchev–Trinajstić information content (AvgIpc) is 2.28. The second-order valence-electron chi connectivity index (χ2n) is 4.19. The number of hydrogen-bond donors (Lipinski definition) is 1. The average molecular weight is 278 g/mol. The third kappa shape index (κ3) is 5.31. The van der Waals surface area contributed by atoms with Gasteiger partial charge in [0.1, 0.15) is 0 Å². The summed E-state index contributed by atoms with van der Waals surface area (Å²) in [5.74, 6) is 0.958. The fourth-order valence-electron chi connectivity index (χ4n) is 1.71. The Hall–Kier alpha value is -0.680. The van der Waals surface area contributed by atoms with Crippen molar-refractivity contribution in [3.63, 3.8) is 0 Å². The molecule has 0 amide bonds. The summed E-state index contributed by atoms with van der Waals surface area (Å²) >= 11 is 1.70. The highest BCUT2D eigenvalue weighted by atomic mass is 32.2. The monoisotopic (exact) mass is 278 g/mol. The van der Waals surface area contributed by atoms with Crippen molar-refractivity contribution < 1.29 is 18.3 Å². The Bertz CT molecular complexity index is 365. The number of benzene rings is 1. The van der Waals surface area contributed by atoms with Gasteiger partial charge in [-0.05, 0) is 42.9 Å². The Balaban J connectivity index is 2.57. The van der Waals surface area contributed by atoms with Crippen molar-refractivity contribution in [2.24, 2.45) is 0 Å². The van der Waals surface area contributed by atoms with E-state index in [1.807, 2.05) is 6.26 Å². The van der Waals surface area contributed by atoms with E-state index in [-0.39, 0.29) is 6.42 Å². The normalized spacial score (nSPS) is 13.6. The standard InChI is InChI=1S/C13H17F3OS/c1-18-7-3-6-12(17)9-10-4-2-5-11(8-10)13(14,15)16/h2,4-5,8,12,17H,3,6-7,9H2,1H3. The largest absolute Gasteiger partial charge is 0.416 e. The van der Waals surface area contributed by atoms with E-state index in [0.717, 1.165) is 24.3 Å². The lowest BCUT2D eigenvalue weighted by Crippen LogP contribution is -2.12. The van der Waals surface area contributed by atoms with E-state index >= 15 is 0 Å². The van der Waals surface area contributed by atoms with Gasteiger partial charge in [0, 0.05) is 0 Å². The molecule has 0 bridgehead atoms. The van der Waals surface area contributed by atoms with Crippen LogP contribution in [0.5, 0.6) is 0 Å². The first-order valence-electron chi connectivity index (χ1n) is 5.76. The molecule has 0 aliphatic carbocycles. The van der Waals surface area contributed by atoms with Gasteiger partial charge in [0.05, 0.1) is 11.7 Å². The molecular formula is C13H17F3OS. The summed E-state index contributed by atoms with van der Waals surface area (Å²) in [6.45, 7) is 0. The molecule has 0 radical (unpaired) electrons. The first kappa shape index (κ1) is 15.4. The van der Waals surface area contributed by atoms with Gasteiger partial charge in [-0.2, -0.15) is 24.9 Å². The highest BCUT2D eigenvalue weighted by Gasteiger charge is 2.30. The van der Waals surface area contributed by atoms with Crippen molar-refractivity contribution >= 4 is 11.8 Å². The molecule has 1 aromatic rings. The van der Waals surface area contributed by atoms with Crippen molar-refractivity contribution in [1.82, 2.24) is 0 Å². The van der Waals surface area contributed by atoms with E-state index in [0.29, 0.717) is 12.0 Å². The molecule has 5 heteroatoms. The predicted molar refractivity (Wildman–Crippen MR) is 68.8 cm³/mol. The Morgan fingerprint density at radius 3 is 2.67 bits per heavy atom. The molecule has 0 aliphatic heterocycles. The van der Waals surface area contributed by atoms with E-state index < -0.39 is 17.8 Å². The molecule has 1 atom stereocenters. The molecular weight excluding hydrogens is 261 g/mol. The Kier molecular flexibility index (Phi) is 6.02. The van der Waals surface area contributed by atoms with E-state index in [4.69, 9.17) is 0 Å². The Morgan fingerprint density at radius 2 is 2.06 bits per heavy atom. The van der Waals surface area contributed by atoms with Crippen LogP contribution in [-0.2, 0) is 12.6 Å². The summed E-state index contributed by atoms with van der Waals surface area (Å²) in [5, 5.41) is 9.73. The van der Waals surface area contributed by atoms with Crippen LogP contribution in [0.15, 0.2) is 24.3 Å². The predicted octanol–water partition coefficient (Wildman–Crippen LogP) is 3.75. The molecule has 1 unspecified atom stereocenters. The third-order valence-corrected chi connectivity index (χ3v) is 3.31. The molecule has 1 nitrogen and oxygen atoms in total. The SMILES string of the molecule is CSCCCC(O)Cc1cccc(C(F)(F)F)c1. The fraction of sp³-hybridized carbons (Fsp3) is 0.538. The lowest BCUT2D eigenvalue weighted by atomic mass is 10.0. The molecule has 1 aromatic carbocycles. The highest BCUT2D eigenvalue weighted by Crippen LogP contribution is 2.29. The van der Waals surface area contributed by atoms with Crippen LogP contribution in [0, 0.1) is 0 Å². The van der Waals surface area contributed by atoms with Crippen LogP contribution in [0.1, 0.15) is 24.0 Å². The van der Waals surface area contributed by atoms with Crippen molar-refractivity contribution in [2.75, 3.05) is 12.0 Å². The zero-order valence-electron chi connectivity index (χ0n) is 10.2. The number of hydrogen-bond acceptors (Lipinski definition) is 2. The van der Waals surface area contributed by atoms with Gasteiger partial charge in [-0.3, -0.25) is 0 Å². The van der Waals surface area contributed by atoms with Gasteiger partial charge < -0.3 is 5.11 Å². The Labute approximate surface area is 109 Å². The maximum atomic E-state index is 12.5. The van der Waals surface area contributed by atoms with E-state index in [9.17, 15) is 18.3 Å². The quantitative estimate of drug-likeness (QED) is 0.800. The number of alkyl halides is 3. The first-order chi connectivity index (χ1) is 8.43. The molecule has 0 saturated heterocycles. The van der Waals surface area contributed by atoms with Crippen LogP contribution >= 0.6 is 11.8 Å². The molecule has 1 N–H and O–H groups in total. The van der Waals surface area contributed by atoms with E-state index in [2.05, 4.69) is 0 Å². The smallest absolute Gasteiger partial charge is 0.393 e. The van der Waals surface area contributed by atoms with Crippen molar-refractivity contribution in [3.8, 4) is 0 Å². The number of aliphatic hydroxyl groups is 1. The van der Waals surface area contributed by atoms with Gasteiger partial charge in [-0.1, -0.05) is 18.2 Å². The highest BCUT2D eigenvalue weighted by molar-refractivity contribution is 7.98. The molecule has 0 aromatic heterocycles. The van der Waals surface area contributed by atoms with Gasteiger partial charge in [-0.15, -0.1) is 0 Å². The minimum absolute atomic E-state index is 0.276. The van der Waals surface area contributed by atoms with E-state index in [1.54, 1.807) is 17.8 Å². The second kappa shape index (κ2) is 7.04. The van der Waals surface area contributed by atoms with Crippen LogP contribution in [0.4, 0.5) is 13.2 Å². The number of thioether (sulfide) groups is 1. The zero-order valence-corrected chi connectivity index (χ0v) is 11.0. The third-order valence-electron chi connectivity index (χ3n) is 2.61. The molecule has 1 rings (SSSR count). The Morgan fingerprint density at radius 1 is 1.33 bits per heavy atom. The summed E-state index contributed by atoms with van der Waals surface area (Å²) in [5.41, 5.74) is -0.127. The summed E-state index contributed by atoms with van der Waals surface area (Å²) in [6, 6.07) is 5.15. The van der Waals surface area contributed by atoms with Gasteiger partial charge in [0.15, 0.2) is 0 Å². The van der Waals surface area contributed by atoms with Gasteiger partial charge in [0.2, 0.25) is 0 Å². The summed E-state index contributed by atoms with van der Waals surface area (Å²) in [7, 11) is 0. The summed E-state index contributed by atoms with van der Waals surface area (Å²) in [6.07, 6.45) is -1.13. The second-order valence-corrected chi connectivity index (χ2v) is 5.18. The summed E-state index contributed by atoms with van der Waals surface area (Å²) < 4.78 is 37.5. The molecule has 0 saturated carbocycles. The van der Waals surface area contributed by atoms with E-state index in [1.165, 1.54) is 6.07 Å². The van der Waals surface area contributed by atoms with Crippen LogP contribution in [0.3, 0.4) is 0 Å². The van der Waals surface area contributed by atoms with Gasteiger partial charge in [0.25, 0.3) is 0 Å². The van der Waals surface area contributed by atoms with Crippen LogP contribution in [0.2, 0.25) is 0 Å². The summed E-state index contributed by atoms with van der Waals surface area (Å²) in [4.78, 5) is 0. The minimum atomic E-state index is -4.32. The van der Waals surface area contributed by atoms with Crippen LogP contribution < -0.4 is 0 Å². The first-order valence-corrected chi connectivity index (χ1v) is 7.16. The number of aliphatic hydroxyl groups excluding tert-OH is 1. The minimum Gasteiger partial charge on any atom is -0.393 e. The molecule has 0 fully saturated rings. The maximum absolute atomic E-state index is 12.5. The van der Waals surface area contributed by atoms with Crippen LogP contribution in [0.25, 0.3) is 0 Å². The number of rotatable bonds is 6. The fourth-order valence-corrected chi connectivity index (χ4v) is 2.17. The maximum Gasteiger partial charge on any atom is 0.416 e. The molecule has 0 heterocycles. The van der Waals surface area contributed by atoms with Crippen molar-refractivity contribution in [1.29, 1.82) is 0 Å². The molecule has 0 spiro atoms. The molecule has 18 heavy (non-hydrogen) atoms. The van der Waals surface area contributed by atoms with Crippen molar-refractivity contribution in [3.05, 3.63) is 35.4 Å². The van der Waals surface area contributed by atoms with Crippen molar-refractivity contribution in [2.45, 2.75) is 31.5 Å². The number of halogens is 3. The van der Waals surface area contributed by atoms with Gasteiger partial charge in [-0.25, -0.2) is 0 Å². The van der Waals surface area contributed by atoms with Crippen LogP contribution in [-0.4, -0.2) is 23.2 Å². The topological polar surface area (TPSA) is 20.2 Å².